The van der Waals surface area contributed by atoms with Crippen LogP contribution in [0, 0.1) is 0 Å². The first-order chi connectivity index (χ1) is 8.00. The minimum Gasteiger partial charge on any atom is -0.374 e. The van der Waals surface area contributed by atoms with Gasteiger partial charge in [0.25, 0.3) is 0 Å². The van der Waals surface area contributed by atoms with Crippen LogP contribution in [-0.4, -0.2) is 25.8 Å². The van der Waals surface area contributed by atoms with Gasteiger partial charge in [-0.25, -0.2) is 8.78 Å². The van der Waals surface area contributed by atoms with E-state index in [1.807, 2.05) is 6.92 Å². The molecule has 2 nitrogen and oxygen atoms in total. The maximum atomic E-state index is 13.4. The number of methoxy groups -OCH3 is 1. The van der Waals surface area contributed by atoms with E-state index in [2.05, 4.69) is 11.9 Å². The first kappa shape index (κ1) is 14.1. The second kappa shape index (κ2) is 6.07. The van der Waals surface area contributed by atoms with Crippen LogP contribution in [0.2, 0.25) is 0 Å². The Balaban J connectivity index is 2.88. The van der Waals surface area contributed by atoms with E-state index in [1.54, 1.807) is 7.11 Å². The molecule has 1 rings (SSSR count). The van der Waals surface area contributed by atoms with Crippen molar-refractivity contribution in [3.05, 3.63) is 36.0 Å². The summed E-state index contributed by atoms with van der Waals surface area (Å²) in [6.45, 7) is 6.47. The Hall–Kier alpha value is -1.00. The second-order valence-corrected chi connectivity index (χ2v) is 4.25. The van der Waals surface area contributed by atoms with E-state index in [9.17, 15) is 8.78 Å². The van der Waals surface area contributed by atoms with Crippen molar-refractivity contribution in [2.45, 2.75) is 25.4 Å². The summed E-state index contributed by atoms with van der Waals surface area (Å²) in [6.07, 6.45) is 3.67. The lowest BCUT2D eigenvalue weighted by molar-refractivity contribution is -0.00264. The minimum atomic E-state index is -0.789. The molecule has 0 aromatic carbocycles. The van der Waals surface area contributed by atoms with Crippen molar-refractivity contribution in [2.24, 2.45) is 0 Å². The average Bonchev–Trinajstić information content (AvgIpc) is 2.28. The van der Waals surface area contributed by atoms with Crippen molar-refractivity contribution >= 4 is 0 Å². The van der Waals surface area contributed by atoms with Gasteiger partial charge in [-0.3, -0.25) is 0 Å². The molecule has 1 aliphatic rings. The molecule has 1 heterocycles. The third-order valence-electron chi connectivity index (χ3n) is 3.17. The fraction of sp³-hybridized carbons (Fsp3) is 0.538. The van der Waals surface area contributed by atoms with Gasteiger partial charge < -0.3 is 10.1 Å². The lowest BCUT2D eigenvalue weighted by Crippen LogP contribution is -2.44. The molecule has 0 amide bonds. The Morgan fingerprint density at radius 3 is 2.35 bits per heavy atom. The summed E-state index contributed by atoms with van der Waals surface area (Å²) in [5.41, 5.74) is 0.338. The molecule has 0 bridgehead atoms. The van der Waals surface area contributed by atoms with E-state index in [4.69, 9.17) is 4.74 Å². The van der Waals surface area contributed by atoms with Gasteiger partial charge in [-0.15, -0.1) is 0 Å². The lowest BCUT2D eigenvalue weighted by Gasteiger charge is -2.37. The van der Waals surface area contributed by atoms with Gasteiger partial charge in [0.15, 0.2) is 0 Å². The molecule has 0 aromatic heterocycles. The number of rotatable bonds is 4. The Morgan fingerprint density at radius 1 is 1.29 bits per heavy atom. The average molecular weight is 243 g/mol. The standard InChI is InChI=1S/C13H19F2NO/c1-10(8-12(15)9-11(2)14)13(17-3)4-6-16-7-5-13/h8-9,16H,2,4-7H2,1,3H3/b10-8+,12-9+. The van der Waals surface area contributed by atoms with Crippen molar-refractivity contribution < 1.29 is 13.5 Å². The molecule has 0 unspecified atom stereocenters. The smallest absolute Gasteiger partial charge is 0.126 e. The highest BCUT2D eigenvalue weighted by atomic mass is 19.1. The largest absolute Gasteiger partial charge is 0.374 e. The van der Waals surface area contributed by atoms with Crippen LogP contribution in [0.1, 0.15) is 19.8 Å². The van der Waals surface area contributed by atoms with Crippen LogP contribution in [0.4, 0.5) is 8.78 Å². The van der Waals surface area contributed by atoms with Crippen molar-refractivity contribution in [1.29, 1.82) is 0 Å². The molecule has 17 heavy (non-hydrogen) atoms. The Morgan fingerprint density at radius 2 is 1.88 bits per heavy atom. The second-order valence-electron chi connectivity index (χ2n) is 4.25. The third kappa shape index (κ3) is 3.75. The fourth-order valence-corrected chi connectivity index (χ4v) is 2.12. The summed E-state index contributed by atoms with van der Waals surface area (Å²) in [6, 6.07) is 0. The Bertz CT molecular complexity index is 341. The molecular weight excluding hydrogens is 224 g/mol. The Kier molecular flexibility index (Phi) is 5.02. The van der Waals surface area contributed by atoms with E-state index in [-0.39, 0.29) is 0 Å². The minimum absolute atomic E-state index is 0.436. The maximum Gasteiger partial charge on any atom is 0.126 e. The molecule has 1 saturated heterocycles. The number of hydrogen-bond donors (Lipinski definition) is 1. The molecule has 1 fully saturated rings. The highest BCUT2D eigenvalue weighted by Crippen LogP contribution is 2.31. The summed E-state index contributed by atoms with van der Waals surface area (Å²) < 4.78 is 31.3. The normalized spacial score (nSPS) is 21.4. The van der Waals surface area contributed by atoms with Gasteiger partial charge in [-0.05, 0) is 44.5 Å². The van der Waals surface area contributed by atoms with E-state index in [0.717, 1.165) is 37.6 Å². The molecule has 0 aromatic rings. The molecule has 1 aliphatic heterocycles. The zero-order chi connectivity index (χ0) is 12.9. The van der Waals surface area contributed by atoms with Crippen LogP contribution in [0.25, 0.3) is 0 Å². The van der Waals surface area contributed by atoms with Crippen molar-refractivity contribution in [2.75, 3.05) is 20.2 Å². The van der Waals surface area contributed by atoms with Crippen molar-refractivity contribution in [3.8, 4) is 0 Å². The van der Waals surface area contributed by atoms with E-state index in [0.29, 0.717) is 0 Å². The molecular formula is C13H19F2NO. The van der Waals surface area contributed by atoms with Crippen LogP contribution in [0.5, 0.6) is 0 Å². The van der Waals surface area contributed by atoms with Crippen LogP contribution in [0.3, 0.4) is 0 Å². The summed E-state index contributed by atoms with van der Waals surface area (Å²) in [7, 11) is 1.62. The van der Waals surface area contributed by atoms with Gasteiger partial charge in [-0.1, -0.05) is 6.58 Å². The molecule has 96 valence electrons. The molecule has 0 spiro atoms. The Labute approximate surface area is 101 Å². The van der Waals surface area contributed by atoms with E-state index < -0.39 is 17.3 Å². The van der Waals surface area contributed by atoms with Crippen molar-refractivity contribution in [3.63, 3.8) is 0 Å². The van der Waals surface area contributed by atoms with Crippen LogP contribution in [0.15, 0.2) is 36.0 Å². The quantitative estimate of drug-likeness (QED) is 0.766. The van der Waals surface area contributed by atoms with Gasteiger partial charge in [0.05, 0.1) is 5.60 Å². The third-order valence-corrected chi connectivity index (χ3v) is 3.17. The predicted octanol–water partition coefficient (Wildman–Crippen LogP) is 3.04. The molecule has 4 heteroatoms. The summed E-state index contributed by atoms with van der Waals surface area (Å²) >= 11 is 0. The monoisotopic (exact) mass is 243 g/mol. The number of hydrogen-bond acceptors (Lipinski definition) is 2. The number of halogens is 2. The van der Waals surface area contributed by atoms with Crippen molar-refractivity contribution in [1.82, 2.24) is 5.32 Å². The van der Waals surface area contributed by atoms with Gasteiger partial charge in [0, 0.05) is 13.2 Å². The van der Waals surface area contributed by atoms with E-state index >= 15 is 0 Å². The summed E-state index contributed by atoms with van der Waals surface area (Å²) in [4.78, 5) is 0. The lowest BCUT2D eigenvalue weighted by atomic mass is 9.85. The molecule has 0 aliphatic carbocycles. The van der Waals surface area contributed by atoms with Gasteiger partial charge in [-0.2, -0.15) is 0 Å². The summed E-state index contributed by atoms with van der Waals surface area (Å²) in [5.74, 6) is -1.42. The van der Waals surface area contributed by atoms with Gasteiger partial charge in [0.1, 0.15) is 11.7 Å². The highest BCUT2D eigenvalue weighted by Gasteiger charge is 2.33. The van der Waals surface area contributed by atoms with Crippen LogP contribution < -0.4 is 5.32 Å². The molecule has 0 radical (unpaired) electrons. The van der Waals surface area contributed by atoms with Crippen LogP contribution >= 0.6 is 0 Å². The fourth-order valence-electron chi connectivity index (χ4n) is 2.12. The maximum absolute atomic E-state index is 13.4. The zero-order valence-corrected chi connectivity index (χ0v) is 10.4. The zero-order valence-electron chi connectivity index (χ0n) is 10.4. The summed E-state index contributed by atoms with van der Waals surface area (Å²) in [5, 5.41) is 3.22. The van der Waals surface area contributed by atoms with Gasteiger partial charge >= 0.3 is 0 Å². The number of allylic oxidation sites excluding steroid dienone is 4. The first-order valence-corrected chi connectivity index (χ1v) is 5.66. The highest BCUT2D eigenvalue weighted by molar-refractivity contribution is 5.28. The topological polar surface area (TPSA) is 21.3 Å². The molecule has 0 saturated carbocycles. The SMILES string of the molecule is C=C(F)/C=C(F)\C=C(/C)C1(OC)CCNCC1. The van der Waals surface area contributed by atoms with E-state index in [1.165, 1.54) is 6.08 Å². The number of ether oxygens (including phenoxy) is 1. The van der Waals surface area contributed by atoms with Crippen LogP contribution in [-0.2, 0) is 4.74 Å². The molecule has 1 N–H and O–H groups in total. The predicted molar refractivity (Wildman–Crippen MR) is 65.0 cm³/mol. The van der Waals surface area contributed by atoms with Gasteiger partial charge in [0.2, 0.25) is 0 Å². The number of piperidine rings is 1. The first-order valence-electron chi connectivity index (χ1n) is 5.66. The molecule has 0 atom stereocenters. The number of nitrogens with one attached hydrogen (secondary N) is 1.